The lowest BCUT2D eigenvalue weighted by Gasteiger charge is -2.45. The summed E-state index contributed by atoms with van der Waals surface area (Å²) >= 11 is 0. The highest BCUT2D eigenvalue weighted by molar-refractivity contribution is 6.31. The third-order valence-electron chi connectivity index (χ3n) is 22.3. The van der Waals surface area contributed by atoms with Gasteiger partial charge in [0.25, 0.3) is 0 Å². The van der Waals surface area contributed by atoms with E-state index in [2.05, 4.69) is 47.9 Å². The van der Waals surface area contributed by atoms with E-state index in [9.17, 15) is 148 Å². The molecule has 2 aliphatic carbocycles. The molecule has 49 heteroatoms. The zero-order chi connectivity index (χ0) is 98.1. The molecule has 3 aromatic rings. The van der Waals surface area contributed by atoms with E-state index in [-0.39, 0.29) is 54.0 Å². The van der Waals surface area contributed by atoms with Gasteiger partial charge in [-0.1, -0.05) is 51.5 Å². The number of carbonyl (C=O) groups is 18. The highest BCUT2D eigenvalue weighted by Gasteiger charge is 2.53. The van der Waals surface area contributed by atoms with Crippen LogP contribution in [0.4, 0.5) is 0 Å². The Kier molecular flexibility index (Phi) is 40.0. The minimum atomic E-state index is -2.58. The van der Waals surface area contributed by atoms with Crippen molar-refractivity contribution in [3.8, 4) is 23.0 Å². The number of ketones is 3. The molecule has 0 unspecified atom stereocenters. The maximum absolute atomic E-state index is 14.5. The lowest BCUT2D eigenvalue weighted by molar-refractivity contribution is -0.271. The predicted molar refractivity (Wildman–Crippen MR) is 448 cm³/mol. The number of carboxylic acids is 1. The molecule has 14 amide bonds. The molecule has 1 saturated heterocycles. The number of methoxy groups -OCH3 is 1. The van der Waals surface area contributed by atoms with Crippen molar-refractivity contribution >= 4 is 106 Å². The number of fused-ring (bicyclic) bond motifs is 3. The van der Waals surface area contributed by atoms with Crippen LogP contribution in [0.3, 0.4) is 0 Å². The number of amides is 14. The van der Waals surface area contributed by atoms with Gasteiger partial charge < -0.3 is 162 Å². The molecule has 21 atom stereocenters. The summed E-state index contributed by atoms with van der Waals surface area (Å²) in [4.78, 5) is 245. The number of benzene rings is 3. The normalized spacial score (nSPS) is 20.5. The molecule has 1 fully saturated rings. The van der Waals surface area contributed by atoms with Gasteiger partial charge in [0.15, 0.2) is 17.9 Å². The van der Waals surface area contributed by atoms with Crippen LogP contribution in [-0.2, 0) is 99.0 Å². The van der Waals surface area contributed by atoms with Gasteiger partial charge in [0.1, 0.15) is 102 Å². The van der Waals surface area contributed by atoms with Gasteiger partial charge in [-0.3, -0.25) is 86.3 Å². The highest BCUT2D eigenvalue weighted by atomic mass is 16.7. The van der Waals surface area contributed by atoms with Gasteiger partial charge in [0.2, 0.25) is 88.5 Å². The van der Waals surface area contributed by atoms with Crippen molar-refractivity contribution in [1.29, 1.82) is 0 Å². The zero-order valence-corrected chi connectivity index (χ0v) is 72.6. The fourth-order valence-corrected chi connectivity index (χ4v) is 14.6. The summed E-state index contributed by atoms with van der Waals surface area (Å²) < 4.78 is 17.8. The lowest BCUT2D eigenvalue weighted by atomic mass is 9.72. The number of hydrogen-bond acceptors (Lipinski definition) is 34. The molecule has 3 aromatic carbocycles. The molecule has 3 aliphatic rings. The smallest absolute Gasteiger partial charge is 0.303 e. The van der Waals surface area contributed by atoms with E-state index in [0.29, 0.717) is 6.42 Å². The first-order chi connectivity index (χ1) is 61.7. The van der Waals surface area contributed by atoms with Crippen LogP contribution in [0.5, 0.6) is 23.0 Å². The number of rotatable bonds is 50. The Labute approximate surface area is 748 Å². The minimum Gasteiger partial charge on any atom is -0.508 e. The number of carboxylic acid groups (broad SMARTS) is 1. The number of Topliss-reactive ketones (excluding diaryl/α,β-unsaturated/α-hetero) is 1. The topological polar surface area (TPSA) is 826 Å². The number of aliphatic hydroxyl groups is 8. The van der Waals surface area contributed by atoms with Crippen molar-refractivity contribution in [2.75, 3.05) is 46.7 Å². The van der Waals surface area contributed by atoms with Crippen LogP contribution >= 0.6 is 0 Å². The lowest BCUT2D eigenvalue weighted by Crippen LogP contribution is -2.64. The number of primary amides is 2. The van der Waals surface area contributed by atoms with Crippen LogP contribution in [0.25, 0.3) is 0 Å². The van der Waals surface area contributed by atoms with E-state index >= 15 is 0 Å². The number of hydrogen-bond donors (Lipinski definition) is 28. The largest absolute Gasteiger partial charge is 0.508 e. The Morgan fingerprint density at radius 3 is 1.53 bits per heavy atom. The maximum atomic E-state index is 14.5. The third kappa shape index (κ3) is 28.0. The van der Waals surface area contributed by atoms with Crippen molar-refractivity contribution in [3.05, 3.63) is 81.4 Å². The second-order valence-corrected chi connectivity index (χ2v) is 32.0. The number of ether oxygens (including phenoxy) is 3. The Balaban J connectivity index is 1.12. The summed E-state index contributed by atoms with van der Waals surface area (Å²) in [6.07, 6.45) is -13.6. The summed E-state index contributed by atoms with van der Waals surface area (Å²) in [7, 11) is 1.22. The van der Waals surface area contributed by atoms with Crippen LogP contribution < -0.4 is 91.5 Å². The van der Waals surface area contributed by atoms with Gasteiger partial charge >= 0.3 is 5.97 Å². The van der Waals surface area contributed by atoms with Crippen molar-refractivity contribution in [1.82, 2.24) is 63.8 Å². The first kappa shape index (κ1) is 107. The molecule has 49 nitrogen and oxygen atoms in total. The van der Waals surface area contributed by atoms with E-state index < -0.39 is 351 Å². The van der Waals surface area contributed by atoms with Crippen molar-refractivity contribution < 1.29 is 162 Å². The molecular formula is C82H116N16O33. The molecule has 6 rings (SSSR count). The summed E-state index contributed by atoms with van der Waals surface area (Å²) in [6, 6.07) is -14.5. The summed E-state index contributed by atoms with van der Waals surface area (Å²) in [5.74, 6) is -25.9. The van der Waals surface area contributed by atoms with Crippen LogP contribution in [0, 0.1) is 11.8 Å². The Hall–Kier alpha value is -12.6. The fraction of sp³-hybridized carbons (Fsp3) is 0.561. The number of nitrogens with two attached hydrogens (primary N) is 4. The monoisotopic (exact) mass is 1850 g/mol. The van der Waals surface area contributed by atoms with Crippen molar-refractivity contribution in [2.45, 2.75) is 233 Å². The molecule has 131 heavy (non-hydrogen) atoms. The number of unbranched alkanes of at least 4 members (excludes halogenated alkanes) is 1. The van der Waals surface area contributed by atoms with E-state index in [0.717, 1.165) is 6.92 Å². The fourth-order valence-electron chi connectivity index (χ4n) is 14.6. The molecule has 32 N–H and O–H groups in total. The Morgan fingerprint density at radius 2 is 1.02 bits per heavy atom. The van der Waals surface area contributed by atoms with E-state index in [1.165, 1.54) is 77.3 Å². The molecule has 0 bridgehead atoms. The number of carbonyl (C=O) groups excluding carboxylic acids is 17. The highest BCUT2D eigenvalue weighted by Crippen LogP contribution is 2.53. The van der Waals surface area contributed by atoms with Crippen molar-refractivity contribution in [3.63, 3.8) is 0 Å². The maximum Gasteiger partial charge on any atom is 0.303 e. The van der Waals surface area contributed by atoms with Gasteiger partial charge in [-0.2, -0.15) is 0 Å². The third-order valence-corrected chi connectivity index (χ3v) is 22.3. The predicted octanol–water partition coefficient (Wildman–Crippen LogP) is -10.4. The standard InChI is InChI=1S/C82H116N16O33/c1-8-33(2)61(96-71(118)42(13-9-10-23-83)87-74(121)46(25-55(86)108)90-69(116)35(4)84)79(126)95-49(30-101)75(122)91-45(24-38-15-17-39(105)18-16-38)73(120)88-43(19-21-54(85)107)70(117)92-47(28-99)76(123)93-48(29-100)77(124)94-50(31-102)78(125)97-62(36(5)104)80(127)89-44(20-22-56(109)110)72(119)98-63-37(6)130-81(34(3)64(63)111)131-52-27-82(128,53(106)32-103)26-41-58(52)68(115)60-59(66(41)113)65(112)40-12-11-14-51(129-7)57(40)67(60)114/h11-12,14-18,33-37,42-50,52,61-64,81,99-105,111,113,115,128H,8-10,13,19-32,83-84H2,1-7H3,(H2,85,107)(H2,86,108)(H,87,121)(H,88,120)(H,89,127)(H,90,116)(H,91,122)(H,92,117)(H,93,123)(H,94,124)(H,95,126)(H,96,118)(H,97,125)(H,98,119)(H,109,110)/t33-,34-,35-,36+,37-,42-,43-,44-,45-,46-,47-,48-,49-,50-,52-,61-,62-,63-,64+,81+,82-/m0/s1. The quantitative estimate of drug-likeness (QED) is 0.0144. The first-order valence-corrected chi connectivity index (χ1v) is 41.7. The molecule has 0 saturated carbocycles. The number of phenols is 3. The summed E-state index contributed by atoms with van der Waals surface area (Å²) in [5.41, 5.74) is 17.0. The first-order valence-electron chi connectivity index (χ1n) is 41.7. The van der Waals surface area contributed by atoms with E-state index in [4.69, 9.17) is 37.1 Å². The van der Waals surface area contributed by atoms with E-state index in [1.54, 1.807) is 6.92 Å². The van der Waals surface area contributed by atoms with Crippen molar-refractivity contribution in [2.24, 2.45) is 34.8 Å². The number of phenolic OH excluding ortho intramolecular Hbond substituents is 3. The molecule has 0 radical (unpaired) electrons. The van der Waals surface area contributed by atoms with Crippen LogP contribution in [0.1, 0.15) is 160 Å². The molecule has 1 aliphatic heterocycles. The van der Waals surface area contributed by atoms with Gasteiger partial charge in [-0.15, -0.1) is 0 Å². The van der Waals surface area contributed by atoms with Crippen LogP contribution in [0.2, 0.25) is 0 Å². The van der Waals surface area contributed by atoms with Gasteiger partial charge in [0.05, 0.1) is 93.1 Å². The molecular weight excluding hydrogens is 1740 g/mol. The number of aliphatic hydroxyl groups excluding tert-OH is 7. The average molecular weight is 1850 g/mol. The molecule has 722 valence electrons. The molecule has 1 heterocycles. The van der Waals surface area contributed by atoms with Gasteiger partial charge in [-0.05, 0) is 89.1 Å². The molecule has 0 aromatic heterocycles. The van der Waals surface area contributed by atoms with Crippen LogP contribution in [0.15, 0.2) is 42.5 Å². The van der Waals surface area contributed by atoms with E-state index in [1.807, 2.05) is 16.0 Å². The van der Waals surface area contributed by atoms with Gasteiger partial charge in [0, 0.05) is 54.7 Å². The number of nitrogens with one attached hydrogen (secondary N) is 12. The summed E-state index contributed by atoms with van der Waals surface area (Å²) in [6.45, 7) is 1.72. The average Bonchev–Trinajstić information content (AvgIpc) is 0.708. The SMILES string of the molecule is CC[C@H](C)[C@H](NC(=O)[C@H](CCCCN)NC(=O)[C@H](CC(N)=O)NC(=O)[C@H](C)N)C(=O)N[C@@H](CO)C(=O)N[C@@H](Cc1ccc(O)cc1)C(=O)N[C@@H](CCC(N)=O)C(=O)N[C@@H](CO)C(=O)N[C@@H](CO)C(=O)N[C@@H](CO)C(=O)N[C@H](C(=O)N[C@@H](CCC(=O)O)C(=O)N[C@@H]1[C@H](O)[C@H](C)[C@@H](O[C@H]2C[C@](O)(C(=O)CO)Cc3c(O)c4c(c(O)c32)C(=O)c2c(OC)cccc2C4=O)O[C@H]1C)[C@@H](C)O. The molecule has 0 spiro atoms. The second kappa shape index (κ2) is 48.9. The number of aliphatic carboxylic acids is 1. The zero-order valence-electron chi connectivity index (χ0n) is 72.6. The van der Waals surface area contributed by atoms with Gasteiger partial charge in [-0.25, -0.2) is 0 Å². The number of aromatic hydroxyl groups is 3. The minimum absolute atomic E-state index is 0.0720. The Bertz CT molecular complexity index is 4710. The second-order valence-electron chi connectivity index (χ2n) is 32.0. The summed E-state index contributed by atoms with van der Waals surface area (Å²) in [5, 5.41) is 157. The Morgan fingerprint density at radius 1 is 0.557 bits per heavy atom. The van der Waals surface area contributed by atoms with Crippen LogP contribution in [-0.4, -0.2) is 323 Å².